The molecule has 0 saturated carbocycles. The summed E-state index contributed by atoms with van der Waals surface area (Å²) in [5.74, 6) is 0.806. The summed E-state index contributed by atoms with van der Waals surface area (Å²) in [5, 5.41) is 3.60. The molecule has 116 valence electrons. The van der Waals surface area contributed by atoms with E-state index in [1.165, 1.54) is 6.20 Å². The molecule has 3 rings (SSSR count). The quantitative estimate of drug-likeness (QED) is 0.671. The van der Waals surface area contributed by atoms with Gasteiger partial charge in [0.1, 0.15) is 17.5 Å². The number of rotatable bonds is 5. The van der Waals surface area contributed by atoms with Gasteiger partial charge in [-0.05, 0) is 29.8 Å². The molecular formula is C18H16ClN3O. The van der Waals surface area contributed by atoms with Crippen LogP contribution in [0.4, 0.5) is 17.1 Å². The fraction of sp³-hybridized carbons (Fsp3) is 0.0556. The number of anilines is 3. The molecule has 0 fully saturated rings. The van der Waals surface area contributed by atoms with Gasteiger partial charge in [-0.2, -0.15) is 0 Å². The number of ether oxygens (including phenoxy) is 1. The van der Waals surface area contributed by atoms with Crippen LogP contribution in [0.5, 0.6) is 5.75 Å². The van der Waals surface area contributed by atoms with Gasteiger partial charge < -0.3 is 15.8 Å². The number of hydrogen-bond donors (Lipinski definition) is 2. The van der Waals surface area contributed by atoms with E-state index in [-0.39, 0.29) is 0 Å². The highest BCUT2D eigenvalue weighted by molar-refractivity contribution is 6.29. The van der Waals surface area contributed by atoms with Crippen LogP contribution in [0.25, 0.3) is 0 Å². The maximum Gasteiger partial charge on any atom is 0.131 e. The van der Waals surface area contributed by atoms with Gasteiger partial charge in [-0.3, -0.25) is 0 Å². The fourth-order valence-corrected chi connectivity index (χ4v) is 2.24. The molecule has 0 unspecified atom stereocenters. The summed E-state index contributed by atoms with van der Waals surface area (Å²) in [6, 6.07) is 19.4. The van der Waals surface area contributed by atoms with E-state index >= 15 is 0 Å². The Morgan fingerprint density at radius 2 is 1.78 bits per heavy atom. The third kappa shape index (κ3) is 4.14. The van der Waals surface area contributed by atoms with E-state index < -0.39 is 0 Å². The largest absolute Gasteiger partial charge is 0.489 e. The van der Waals surface area contributed by atoms with Gasteiger partial charge in [0.25, 0.3) is 0 Å². The van der Waals surface area contributed by atoms with E-state index in [1.807, 2.05) is 54.6 Å². The minimum Gasteiger partial charge on any atom is -0.489 e. The van der Waals surface area contributed by atoms with Crippen molar-refractivity contribution in [1.82, 2.24) is 4.98 Å². The molecule has 1 aromatic heterocycles. The Morgan fingerprint density at radius 3 is 2.52 bits per heavy atom. The Labute approximate surface area is 139 Å². The molecule has 23 heavy (non-hydrogen) atoms. The average Bonchev–Trinajstić information content (AvgIpc) is 2.58. The first-order chi connectivity index (χ1) is 11.2. The minimum atomic E-state index is 0.393. The summed E-state index contributed by atoms with van der Waals surface area (Å²) in [7, 11) is 0. The Bertz CT molecular complexity index is 776. The Morgan fingerprint density at radius 1 is 1.04 bits per heavy atom. The molecule has 0 radical (unpaired) electrons. The van der Waals surface area contributed by atoms with Gasteiger partial charge in [-0.15, -0.1) is 0 Å². The van der Waals surface area contributed by atoms with E-state index in [4.69, 9.17) is 22.1 Å². The van der Waals surface area contributed by atoms with Gasteiger partial charge >= 0.3 is 0 Å². The minimum absolute atomic E-state index is 0.393. The molecule has 0 atom stereocenters. The summed E-state index contributed by atoms with van der Waals surface area (Å²) in [6.07, 6.45) is 1.53. The van der Waals surface area contributed by atoms with Crippen molar-refractivity contribution in [2.24, 2.45) is 0 Å². The van der Waals surface area contributed by atoms with Gasteiger partial charge in [0.15, 0.2) is 0 Å². The van der Waals surface area contributed by atoms with Crippen molar-refractivity contribution in [3.63, 3.8) is 0 Å². The monoisotopic (exact) mass is 325 g/mol. The zero-order valence-corrected chi connectivity index (χ0v) is 13.1. The normalized spacial score (nSPS) is 10.3. The van der Waals surface area contributed by atoms with Crippen LogP contribution in [0.15, 0.2) is 66.9 Å². The standard InChI is InChI=1S/C18H16ClN3O/c19-18-10-17(16(20)11-21-18)22-14-6-8-15(9-7-14)23-12-13-4-2-1-3-5-13/h1-11H,12,20H2,(H,21,22). The zero-order valence-electron chi connectivity index (χ0n) is 12.4. The molecule has 0 bridgehead atoms. The summed E-state index contributed by atoms with van der Waals surface area (Å²) in [5.41, 5.74) is 9.16. The number of nitrogens with two attached hydrogens (primary N) is 1. The number of pyridine rings is 1. The Hall–Kier alpha value is -2.72. The highest BCUT2D eigenvalue weighted by Crippen LogP contribution is 2.26. The molecule has 0 aliphatic heterocycles. The molecule has 1 heterocycles. The second-order valence-corrected chi connectivity index (χ2v) is 5.41. The van der Waals surface area contributed by atoms with Gasteiger partial charge in [-0.25, -0.2) is 4.98 Å². The molecule has 0 aliphatic rings. The first kappa shape index (κ1) is 15.2. The van der Waals surface area contributed by atoms with Crippen LogP contribution in [0.2, 0.25) is 5.15 Å². The molecule has 0 amide bonds. The zero-order chi connectivity index (χ0) is 16.1. The van der Waals surface area contributed by atoms with Gasteiger partial charge in [0, 0.05) is 11.8 Å². The van der Waals surface area contributed by atoms with Crippen molar-refractivity contribution < 1.29 is 4.74 Å². The van der Waals surface area contributed by atoms with Crippen molar-refractivity contribution in [2.75, 3.05) is 11.1 Å². The molecule has 0 aliphatic carbocycles. The molecule has 3 N–H and O–H groups in total. The van der Waals surface area contributed by atoms with Crippen LogP contribution in [0.1, 0.15) is 5.56 Å². The van der Waals surface area contributed by atoms with Crippen molar-refractivity contribution in [3.8, 4) is 5.75 Å². The number of nitrogens with zero attached hydrogens (tertiary/aromatic N) is 1. The van der Waals surface area contributed by atoms with E-state index in [2.05, 4.69) is 10.3 Å². The topological polar surface area (TPSA) is 60.2 Å². The highest BCUT2D eigenvalue weighted by Gasteiger charge is 2.02. The Kier molecular flexibility index (Phi) is 4.64. The van der Waals surface area contributed by atoms with Crippen molar-refractivity contribution >= 4 is 28.7 Å². The van der Waals surface area contributed by atoms with Gasteiger partial charge in [0.2, 0.25) is 0 Å². The summed E-state index contributed by atoms with van der Waals surface area (Å²) < 4.78 is 5.76. The number of nitrogen functional groups attached to an aromatic ring is 1. The SMILES string of the molecule is Nc1cnc(Cl)cc1Nc1ccc(OCc2ccccc2)cc1. The first-order valence-corrected chi connectivity index (χ1v) is 7.53. The number of nitrogens with one attached hydrogen (secondary N) is 1. The van der Waals surface area contributed by atoms with Crippen LogP contribution >= 0.6 is 11.6 Å². The second-order valence-electron chi connectivity index (χ2n) is 5.02. The smallest absolute Gasteiger partial charge is 0.131 e. The lowest BCUT2D eigenvalue weighted by atomic mass is 10.2. The summed E-state index contributed by atoms with van der Waals surface area (Å²) in [4.78, 5) is 3.93. The molecular weight excluding hydrogens is 310 g/mol. The molecule has 2 aromatic carbocycles. The van der Waals surface area contributed by atoms with Crippen LogP contribution in [-0.4, -0.2) is 4.98 Å². The van der Waals surface area contributed by atoms with Crippen LogP contribution in [-0.2, 0) is 6.61 Å². The third-order valence-corrected chi connectivity index (χ3v) is 3.49. The van der Waals surface area contributed by atoms with Crippen LogP contribution in [0, 0.1) is 0 Å². The average molecular weight is 326 g/mol. The maximum atomic E-state index is 5.88. The van der Waals surface area contributed by atoms with E-state index in [0.717, 1.165) is 22.7 Å². The van der Waals surface area contributed by atoms with Crippen LogP contribution in [0.3, 0.4) is 0 Å². The van der Waals surface area contributed by atoms with Crippen molar-refractivity contribution in [1.29, 1.82) is 0 Å². The molecule has 0 saturated heterocycles. The molecule has 0 spiro atoms. The first-order valence-electron chi connectivity index (χ1n) is 7.15. The van der Waals surface area contributed by atoms with Gasteiger partial charge in [-0.1, -0.05) is 41.9 Å². The van der Waals surface area contributed by atoms with Crippen LogP contribution < -0.4 is 15.8 Å². The number of hydrogen-bond acceptors (Lipinski definition) is 4. The van der Waals surface area contributed by atoms with E-state index in [1.54, 1.807) is 6.07 Å². The lowest BCUT2D eigenvalue weighted by Gasteiger charge is -2.11. The van der Waals surface area contributed by atoms with E-state index in [9.17, 15) is 0 Å². The molecule has 3 aromatic rings. The predicted molar refractivity (Wildman–Crippen MR) is 94.2 cm³/mol. The van der Waals surface area contributed by atoms with Crippen molar-refractivity contribution in [3.05, 3.63) is 77.6 Å². The maximum absolute atomic E-state index is 5.88. The Balaban J connectivity index is 1.64. The summed E-state index contributed by atoms with van der Waals surface area (Å²) >= 11 is 5.88. The fourth-order valence-electron chi connectivity index (χ4n) is 2.08. The lowest BCUT2D eigenvalue weighted by molar-refractivity contribution is 0.306. The molecule has 4 nitrogen and oxygen atoms in total. The number of aromatic nitrogens is 1. The predicted octanol–water partition coefficient (Wildman–Crippen LogP) is 4.64. The number of benzene rings is 2. The summed E-state index contributed by atoms with van der Waals surface area (Å²) in [6.45, 7) is 0.542. The van der Waals surface area contributed by atoms with Gasteiger partial charge in [0.05, 0.1) is 17.6 Å². The number of halogens is 1. The van der Waals surface area contributed by atoms with Crippen molar-refractivity contribution in [2.45, 2.75) is 6.61 Å². The second kappa shape index (κ2) is 7.03. The lowest BCUT2D eigenvalue weighted by Crippen LogP contribution is -1.98. The third-order valence-electron chi connectivity index (χ3n) is 3.28. The molecule has 5 heteroatoms. The highest BCUT2D eigenvalue weighted by atomic mass is 35.5. The van der Waals surface area contributed by atoms with E-state index in [0.29, 0.717) is 17.4 Å².